The second-order valence-electron chi connectivity index (χ2n) is 8.19. The SMILES string of the molecule is CCC(C)n1c2ccccc2c2cc(-c3ccc4c(c3)oc3ccccc34)ccc21. The van der Waals surface area contributed by atoms with Crippen molar-refractivity contribution in [2.75, 3.05) is 0 Å². The standard InChI is InChI=1S/C28H23NO/c1-3-18(2)29-25-10-6-4-8-21(25)24-16-19(13-15-26(24)29)20-12-14-23-22-9-5-7-11-27(22)30-28(23)17-20/h4-18H,3H2,1-2H3. The average molecular weight is 389 g/mol. The van der Waals surface area contributed by atoms with Crippen LogP contribution in [0.5, 0.6) is 0 Å². The highest BCUT2D eigenvalue weighted by atomic mass is 16.3. The molecule has 0 N–H and O–H groups in total. The molecule has 0 spiro atoms. The summed E-state index contributed by atoms with van der Waals surface area (Å²) in [4.78, 5) is 0. The Labute approximate surface area is 175 Å². The van der Waals surface area contributed by atoms with E-state index in [1.54, 1.807) is 0 Å². The molecule has 1 unspecified atom stereocenters. The van der Waals surface area contributed by atoms with Crippen molar-refractivity contribution < 1.29 is 4.42 Å². The van der Waals surface area contributed by atoms with E-state index in [1.807, 2.05) is 12.1 Å². The zero-order valence-electron chi connectivity index (χ0n) is 17.2. The lowest BCUT2D eigenvalue weighted by atomic mass is 10.0. The Bertz CT molecular complexity index is 1550. The number of aromatic nitrogens is 1. The molecule has 0 bridgehead atoms. The number of furan rings is 1. The molecular weight excluding hydrogens is 366 g/mol. The molecule has 4 aromatic carbocycles. The zero-order chi connectivity index (χ0) is 20.2. The largest absolute Gasteiger partial charge is 0.456 e. The Kier molecular flexibility index (Phi) is 3.76. The molecule has 0 fully saturated rings. The molecule has 30 heavy (non-hydrogen) atoms. The van der Waals surface area contributed by atoms with Crippen LogP contribution in [0.3, 0.4) is 0 Å². The van der Waals surface area contributed by atoms with Gasteiger partial charge in [-0.3, -0.25) is 0 Å². The van der Waals surface area contributed by atoms with E-state index in [4.69, 9.17) is 4.42 Å². The third-order valence-corrected chi connectivity index (χ3v) is 6.45. The molecular formula is C28H23NO. The van der Waals surface area contributed by atoms with Gasteiger partial charge in [-0.15, -0.1) is 0 Å². The summed E-state index contributed by atoms with van der Waals surface area (Å²) in [6, 6.07) is 30.9. The number of hydrogen-bond donors (Lipinski definition) is 0. The van der Waals surface area contributed by atoms with Crippen molar-refractivity contribution in [3.05, 3.63) is 84.9 Å². The highest BCUT2D eigenvalue weighted by Crippen LogP contribution is 2.37. The lowest BCUT2D eigenvalue weighted by Crippen LogP contribution is -2.02. The van der Waals surface area contributed by atoms with Crippen LogP contribution in [0.15, 0.2) is 89.3 Å². The summed E-state index contributed by atoms with van der Waals surface area (Å²) in [5.74, 6) is 0. The van der Waals surface area contributed by atoms with E-state index in [2.05, 4.69) is 91.2 Å². The van der Waals surface area contributed by atoms with Gasteiger partial charge in [0.05, 0.1) is 0 Å². The first-order chi connectivity index (χ1) is 14.7. The molecule has 6 aromatic rings. The molecule has 0 saturated carbocycles. The summed E-state index contributed by atoms with van der Waals surface area (Å²) in [6.07, 6.45) is 1.11. The van der Waals surface area contributed by atoms with Gasteiger partial charge in [-0.2, -0.15) is 0 Å². The first kappa shape index (κ1) is 17.3. The number of benzene rings is 4. The van der Waals surface area contributed by atoms with Gasteiger partial charge in [-0.1, -0.05) is 55.5 Å². The Morgan fingerprint density at radius 1 is 0.667 bits per heavy atom. The van der Waals surface area contributed by atoms with Gasteiger partial charge in [-0.25, -0.2) is 0 Å². The van der Waals surface area contributed by atoms with Crippen LogP contribution in [-0.2, 0) is 0 Å². The van der Waals surface area contributed by atoms with E-state index in [1.165, 1.54) is 43.7 Å². The molecule has 0 aliphatic carbocycles. The number of rotatable bonds is 3. The van der Waals surface area contributed by atoms with Crippen LogP contribution in [0.1, 0.15) is 26.3 Å². The van der Waals surface area contributed by atoms with Crippen LogP contribution in [0, 0.1) is 0 Å². The second-order valence-corrected chi connectivity index (χ2v) is 8.19. The van der Waals surface area contributed by atoms with Gasteiger partial charge in [0.25, 0.3) is 0 Å². The molecule has 0 aliphatic rings. The normalized spacial score (nSPS) is 13.0. The van der Waals surface area contributed by atoms with Crippen LogP contribution in [0.4, 0.5) is 0 Å². The van der Waals surface area contributed by atoms with Gasteiger partial charge in [0, 0.05) is 38.6 Å². The van der Waals surface area contributed by atoms with Gasteiger partial charge in [0.2, 0.25) is 0 Å². The highest BCUT2D eigenvalue weighted by molar-refractivity contribution is 6.10. The van der Waals surface area contributed by atoms with Crippen molar-refractivity contribution in [1.29, 1.82) is 0 Å². The molecule has 146 valence electrons. The minimum absolute atomic E-state index is 0.463. The quantitative estimate of drug-likeness (QED) is 0.297. The van der Waals surface area contributed by atoms with Crippen LogP contribution >= 0.6 is 0 Å². The minimum Gasteiger partial charge on any atom is -0.456 e. The second kappa shape index (κ2) is 6.50. The molecule has 0 amide bonds. The summed E-state index contributed by atoms with van der Waals surface area (Å²) in [5.41, 5.74) is 6.90. The average Bonchev–Trinajstić information content (AvgIpc) is 3.33. The topological polar surface area (TPSA) is 18.1 Å². The summed E-state index contributed by atoms with van der Waals surface area (Å²) in [6.45, 7) is 4.55. The summed E-state index contributed by atoms with van der Waals surface area (Å²) >= 11 is 0. The van der Waals surface area contributed by atoms with Crippen molar-refractivity contribution in [3.8, 4) is 11.1 Å². The van der Waals surface area contributed by atoms with E-state index in [-0.39, 0.29) is 0 Å². The van der Waals surface area contributed by atoms with Gasteiger partial charge >= 0.3 is 0 Å². The first-order valence-electron chi connectivity index (χ1n) is 10.7. The predicted octanol–water partition coefficient (Wildman–Crippen LogP) is 8.33. The third-order valence-electron chi connectivity index (χ3n) is 6.45. The molecule has 2 aromatic heterocycles. The molecule has 2 heteroatoms. The Morgan fingerprint density at radius 3 is 2.20 bits per heavy atom. The van der Waals surface area contributed by atoms with E-state index in [0.29, 0.717) is 6.04 Å². The smallest absolute Gasteiger partial charge is 0.136 e. The van der Waals surface area contributed by atoms with Crippen molar-refractivity contribution in [2.24, 2.45) is 0 Å². The fourth-order valence-electron chi connectivity index (χ4n) is 4.75. The third kappa shape index (κ3) is 2.43. The number of fused-ring (bicyclic) bond motifs is 6. The van der Waals surface area contributed by atoms with Crippen LogP contribution < -0.4 is 0 Å². The molecule has 0 saturated heterocycles. The van der Waals surface area contributed by atoms with Gasteiger partial charge < -0.3 is 8.98 Å². The first-order valence-corrected chi connectivity index (χ1v) is 10.7. The molecule has 2 heterocycles. The number of hydrogen-bond acceptors (Lipinski definition) is 1. The number of nitrogens with zero attached hydrogens (tertiary/aromatic N) is 1. The number of para-hydroxylation sites is 2. The van der Waals surface area contributed by atoms with Crippen LogP contribution in [-0.4, -0.2) is 4.57 Å². The maximum Gasteiger partial charge on any atom is 0.136 e. The lowest BCUT2D eigenvalue weighted by molar-refractivity contribution is 0.563. The van der Waals surface area contributed by atoms with Crippen LogP contribution in [0.25, 0.3) is 54.9 Å². The fourth-order valence-corrected chi connectivity index (χ4v) is 4.75. The Balaban J connectivity index is 1.58. The van der Waals surface area contributed by atoms with Crippen molar-refractivity contribution >= 4 is 43.7 Å². The molecule has 2 nitrogen and oxygen atoms in total. The fraction of sp³-hybridized carbons (Fsp3) is 0.143. The summed E-state index contributed by atoms with van der Waals surface area (Å²) < 4.78 is 8.60. The van der Waals surface area contributed by atoms with Crippen molar-refractivity contribution in [3.63, 3.8) is 0 Å². The van der Waals surface area contributed by atoms with Crippen molar-refractivity contribution in [1.82, 2.24) is 4.57 Å². The monoisotopic (exact) mass is 389 g/mol. The lowest BCUT2D eigenvalue weighted by Gasteiger charge is -2.14. The summed E-state index contributed by atoms with van der Waals surface area (Å²) in [7, 11) is 0. The van der Waals surface area contributed by atoms with E-state index >= 15 is 0 Å². The maximum atomic E-state index is 6.12. The molecule has 1 atom stereocenters. The Morgan fingerprint density at radius 2 is 1.33 bits per heavy atom. The van der Waals surface area contributed by atoms with Gasteiger partial charge in [0.15, 0.2) is 0 Å². The van der Waals surface area contributed by atoms with E-state index < -0.39 is 0 Å². The molecule has 0 radical (unpaired) electrons. The van der Waals surface area contributed by atoms with Gasteiger partial charge in [-0.05, 0) is 60.9 Å². The van der Waals surface area contributed by atoms with E-state index in [0.717, 1.165) is 17.6 Å². The zero-order valence-corrected chi connectivity index (χ0v) is 17.2. The van der Waals surface area contributed by atoms with E-state index in [9.17, 15) is 0 Å². The predicted molar refractivity (Wildman–Crippen MR) is 127 cm³/mol. The van der Waals surface area contributed by atoms with Gasteiger partial charge in [0.1, 0.15) is 11.2 Å². The maximum absolute atomic E-state index is 6.12. The highest BCUT2D eigenvalue weighted by Gasteiger charge is 2.15. The Hall–Kier alpha value is -3.52. The molecule has 6 rings (SSSR count). The van der Waals surface area contributed by atoms with Crippen molar-refractivity contribution in [2.45, 2.75) is 26.3 Å². The minimum atomic E-state index is 0.463. The van der Waals surface area contributed by atoms with Crippen LogP contribution in [0.2, 0.25) is 0 Å². The molecule has 0 aliphatic heterocycles. The summed E-state index contributed by atoms with van der Waals surface area (Å²) in [5, 5.41) is 4.97.